The SMILES string of the molecule is CCC1CN(c2cc(Cl)ccc2C(=N)N)CCO1. The highest BCUT2D eigenvalue weighted by Crippen LogP contribution is 2.26. The summed E-state index contributed by atoms with van der Waals surface area (Å²) in [6.45, 7) is 4.43. The van der Waals surface area contributed by atoms with E-state index in [0.717, 1.165) is 30.8 Å². The number of amidine groups is 1. The summed E-state index contributed by atoms with van der Waals surface area (Å²) in [4.78, 5) is 2.19. The molecule has 1 aliphatic heterocycles. The molecular weight excluding hydrogens is 250 g/mol. The number of ether oxygens (including phenoxy) is 1. The number of halogens is 1. The number of hydrogen-bond acceptors (Lipinski definition) is 3. The fourth-order valence-electron chi connectivity index (χ4n) is 2.18. The van der Waals surface area contributed by atoms with Crippen molar-refractivity contribution in [1.82, 2.24) is 0 Å². The van der Waals surface area contributed by atoms with Crippen LogP contribution in [0.2, 0.25) is 5.02 Å². The molecule has 4 nitrogen and oxygen atoms in total. The van der Waals surface area contributed by atoms with Crippen LogP contribution in [0.1, 0.15) is 18.9 Å². The highest BCUT2D eigenvalue weighted by molar-refractivity contribution is 6.31. The van der Waals surface area contributed by atoms with Crippen LogP contribution >= 0.6 is 11.6 Å². The van der Waals surface area contributed by atoms with E-state index < -0.39 is 0 Å². The molecule has 5 heteroatoms. The van der Waals surface area contributed by atoms with Crippen molar-refractivity contribution in [2.45, 2.75) is 19.4 Å². The Balaban J connectivity index is 2.31. The average Bonchev–Trinajstić information content (AvgIpc) is 2.38. The van der Waals surface area contributed by atoms with E-state index in [4.69, 9.17) is 27.5 Å². The first-order valence-electron chi connectivity index (χ1n) is 6.12. The van der Waals surface area contributed by atoms with Crippen molar-refractivity contribution in [3.8, 4) is 0 Å². The first kappa shape index (κ1) is 13.2. The largest absolute Gasteiger partial charge is 0.384 e. The smallest absolute Gasteiger partial charge is 0.124 e. The van der Waals surface area contributed by atoms with E-state index in [9.17, 15) is 0 Å². The molecule has 0 bridgehead atoms. The summed E-state index contributed by atoms with van der Waals surface area (Å²) in [6.07, 6.45) is 1.21. The summed E-state index contributed by atoms with van der Waals surface area (Å²) in [5, 5.41) is 8.30. The van der Waals surface area contributed by atoms with Crippen LogP contribution in [0.5, 0.6) is 0 Å². The fraction of sp³-hybridized carbons (Fsp3) is 0.462. The Kier molecular flexibility index (Phi) is 4.09. The van der Waals surface area contributed by atoms with Crippen molar-refractivity contribution >= 4 is 23.1 Å². The van der Waals surface area contributed by atoms with E-state index in [2.05, 4.69) is 11.8 Å². The third-order valence-corrected chi connectivity index (χ3v) is 3.42. The maximum atomic E-state index is 7.64. The number of nitrogens with two attached hydrogens (primary N) is 1. The van der Waals surface area contributed by atoms with E-state index in [1.54, 1.807) is 12.1 Å². The van der Waals surface area contributed by atoms with Crippen LogP contribution in [0, 0.1) is 5.41 Å². The van der Waals surface area contributed by atoms with Gasteiger partial charge in [0, 0.05) is 29.4 Å². The van der Waals surface area contributed by atoms with E-state index in [1.807, 2.05) is 6.07 Å². The molecule has 0 aromatic heterocycles. The number of nitrogens with zero attached hydrogens (tertiary/aromatic N) is 1. The van der Waals surface area contributed by atoms with Crippen molar-refractivity contribution in [2.75, 3.05) is 24.6 Å². The maximum Gasteiger partial charge on any atom is 0.124 e. The maximum absolute atomic E-state index is 7.64. The number of morpholine rings is 1. The quantitative estimate of drug-likeness (QED) is 0.652. The Bertz CT molecular complexity index is 450. The fourth-order valence-corrected chi connectivity index (χ4v) is 2.35. The minimum Gasteiger partial charge on any atom is -0.384 e. The van der Waals surface area contributed by atoms with Gasteiger partial charge in [0.15, 0.2) is 0 Å². The second kappa shape index (κ2) is 5.59. The predicted molar refractivity (Wildman–Crippen MR) is 74.7 cm³/mol. The Labute approximate surface area is 112 Å². The molecule has 1 saturated heterocycles. The number of nitrogens with one attached hydrogen (secondary N) is 1. The van der Waals surface area contributed by atoms with Gasteiger partial charge in [-0.25, -0.2) is 0 Å². The first-order chi connectivity index (χ1) is 8.61. The highest BCUT2D eigenvalue weighted by Gasteiger charge is 2.21. The average molecular weight is 268 g/mol. The van der Waals surface area contributed by atoms with Gasteiger partial charge in [0.05, 0.1) is 12.7 Å². The summed E-state index contributed by atoms with van der Waals surface area (Å²) in [7, 11) is 0. The van der Waals surface area contributed by atoms with Crippen molar-refractivity contribution in [2.24, 2.45) is 5.73 Å². The molecule has 3 N–H and O–H groups in total. The molecule has 2 rings (SSSR count). The van der Waals surface area contributed by atoms with Crippen LogP contribution in [0.4, 0.5) is 5.69 Å². The molecule has 1 heterocycles. The zero-order chi connectivity index (χ0) is 13.1. The number of anilines is 1. The number of hydrogen-bond donors (Lipinski definition) is 2. The zero-order valence-corrected chi connectivity index (χ0v) is 11.2. The predicted octanol–water partition coefficient (Wildman–Crippen LogP) is 2.24. The lowest BCUT2D eigenvalue weighted by atomic mass is 10.1. The number of benzene rings is 1. The van der Waals surface area contributed by atoms with E-state index >= 15 is 0 Å². The lowest BCUT2D eigenvalue weighted by Gasteiger charge is -2.35. The number of rotatable bonds is 3. The van der Waals surface area contributed by atoms with Crippen molar-refractivity contribution in [1.29, 1.82) is 5.41 Å². The van der Waals surface area contributed by atoms with Crippen LogP contribution in [-0.4, -0.2) is 31.6 Å². The monoisotopic (exact) mass is 267 g/mol. The van der Waals surface area contributed by atoms with Gasteiger partial charge in [0.1, 0.15) is 5.84 Å². The molecule has 1 aromatic carbocycles. The van der Waals surface area contributed by atoms with Crippen LogP contribution in [0.3, 0.4) is 0 Å². The Hall–Kier alpha value is -1.26. The molecule has 1 atom stereocenters. The molecule has 1 aliphatic rings. The third kappa shape index (κ3) is 2.76. The van der Waals surface area contributed by atoms with Gasteiger partial charge < -0.3 is 15.4 Å². The Morgan fingerprint density at radius 1 is 1.61 bits per heavy atom. The number of nitrogen functional groups attached to an aromatic ring is 1. The molecule has 1 unspecified atom stereocenters. The van der Waals surface area contributed by atoms with Crippen molar-refractivity contribution in [3.63, 3.8) is 0 Å². The van der Waals surface area contributed by atoms with Crippen LogP contribution < -0.4 is 10.6 Å². The summed E-state index contributed by atoms with van der Waals surface area (Å²) in [5.74, 6) is 0.0706. The van der Waals surface area contributed by atoms with Gasteiger partial charge >= 0.3 is 0 Å². The molecule has 18 heavy (non-hydrogen) atoms. The lowest BCUT2D eigenvalue weighted by Crippen LogP contribution is -2.43. The normalized spacial score (nSPS) is 19.9. The molecule has 0 amide bonds. The zero-order valence-electron chi connectivity index (χ0n) is 10.4. The van der Waals surface area contributed by atoms with Gasteiger partial charge in [0.25, 0.3) is 0 Å². The molecule has 98 valence electrons. The second-order valence-corrected chi connectivity index (χ2v) is 4.86. The molecule has 0 spiro atoms. The summed E-state index contributed by atoms with van der Waals surface area (Å²) in [5.41, 5.74) is 7.28. The molecule has 0 saturated carbocycles. The van der Waals surface area contributed by atoms with Gasteiger partial charge in [-0.05, 0) is 24.6 Å². The Morgan fingerprint density at radius 3 is 3.06 bits per heavy atom. The topological polar surface area (TPSA) is 62.3 Å². The van der Waals surface area contributed by atoms with Crippen molar-refractivity contribution in [3.05, 3.63) is 28.8 Å². The minimum atomic E-state index is 0.0706. The summed E-state index contributed by atoms with van der Waals surface area (Å²) < 4.78 is 5.65. The highest BCUT2D eigenvalue weighted by atomic mass is 35.5. The van der Waals surface area contributed by atoms with E-state index in [1.165, 1.54) is 0 Å². The van der Waals surface area contributed by atoms with Gasteiger partial charge in [-0.2, -0.15) is 0 Å². The van der Waals surface area contributed by atoms with Crippen LogP contribution in [0.25, 0.3) is 0 Å². The van der Waals surface area contributed by atoms with Gasteiger partial charge in [0.2, 0.25) is 0 Å². The molecular formula is C13H18ClN3O. The molecule has 1 fully saturated rings. The van der Waals surface area contributed by atoms with E-state index in [-0.39, 0.29) is 11.9 Å². The van der Waals surface area contributed by atoms with Gasteiger partial charge in [-0.15, -0.1) is 0 Å². The third-order valence-electron chi connectivity index (χ3n) is 3.18. The van der Waals surface area contributed by atoms with Crippen molar-refractivity contribution < 1.29 is 4.74 Å². The van der Waals surface area contributed by atoms with Crippen LogP contribution in [0.15, 0.2) is 18.2 Å². The summed E-state index contributed by atoms with van der Waals surface area (Å²) >= 11 is 6.04. The summed E-state index contributed by atoms with van der Waals surface area (Å²) in [6, 6.07) is 5.44. The first-order valence-corrected chi connectivity index (χ1v) is 6.50. The van der Waals surface area contributed by atoms with Gasteiger partial charge in [-0.3, -0.25) is 5.41 Å². The van der Waals surface area contributed by atoms with Crippen LogP contribution in [-0.2, 0) is 4.74 Å². The standard InChI is InChI=1S/C13H18ClN3O/c1-2-10-8-17(5-6-18-10)12-7-9(14)3-4-11(12)13(15)16/h3-4,7,10H,2,5-6,8H2,1H3,(H3,15,16). The molecule has 1 aromatic rings. The van der Waals surface area contributed by atoms with E-state index in [0.29, 0.717) is 11.6 Å². The Morgan fingerprint density at radius 2 is 2.39 bits per heavy atom. The second-order valence-electron chi connectivity index (χ2n) is 4.42. The lowest BCUT2D eigenvalue weighted by molar-refractivity contribution is 0.0384. The minimum absolute atomic E-state index is 0.0706. The molecule has 0 radical (unpaired) electrons. The van der Waals surface area contributed by atoms with Gasteiger partial charge in [-0.1, -0.05) is 18.5 Å². The molecule has 0 aliphatic carbocycles.